The van der Waals surface area contributed by atoms with Gasteiger partial charge in [-0.3, -0.25) is 4.79 Å². The molecule has 0 fully saturated rings. The summed E-state index contributed by atoms with van der Waals surface area (Å²) in [6.07, 6.45) is 4.09. The third kappa shape index (κ3) is 4.99. The predicted molar refractivity (Wildman–Crippen MR) is 69.5 cm³/mol. The number of benzene rings is 1. The molecule has 0 aliphatic carbocycles. The van der Waals surface area contributed by atoms with E-state index in [2.05, 4.69) is 6.92 Å². The van der Waals surface area contributed by atoms with Crippen molar-refractivity contribution in [2.45, 2.75) is 39.0 Å². The van der Waals surface area contributed by atoms with Crippen LogP contribution in [0, 0.1) is 0 Å². The Balaban J connectivity index is 2.61. The van der Waals surface area contributed by atoms with Gasteiger partial charge in [0.2, 0.25) is 0 Å². The van der Waals surface area contributed by atoms with Gasteiger partial charge in [0, 0.05) is 6.42 Å². The number of hydrogen-bond acceptors (Lipinski definition) is 4. The highest BCUT2D eigenvalue weighted by Crippen LogP contribution is 2.24. The number of phenols is 1. The number of carbonyl (C=O) groups is 2. The van der Waals surface area contributed by atoms with Crippen molar-refractivity contribution in [3.05, 3.63) is 23.8 Å². The number of esters is 1. The molecule has 0 atom stereocenters. The number of carboxylic acids is 1. The fourth-order valence-electron chi connectivity index (χ4n) is 1.64. The molecule has 0 heterocycles. The van der Waals surface area contributed by atoms with Gasteiger partial charge in [0.15, 0.2) is 0 Å². The molecule has 104 valence electrons. The van der Waals surface area contributed by atoms with Crippen LogP contribution < -0.4 is 4.74 Å². The molecule has 1 aromatic carbocycles. The number of rotatable bonds is 7. The maximum atomic E-state index is 11.6. The number of unbranched alkanes of at least 4 members (excludes halogenated alkanes) is 3. The third-order valence-electron chi connectivity index (χ3n) is 2.65. The van der Waals surface area contributed by atoms with E-state index >= 15 is 0 Å². The largest absolute Gasteiger partial charge is 0.508 e. The van der Waals surface area contributed by atoms with Crippen molar-refractivity contribution in [2.75, 3.05) is 0 Å². The van der Waals surface area contributed by atoms with Crippen molar-refractivity contribution in [3.63, 3.8) is 0 Å². The van der Waals surface area contributed by atoms with Gasteiger partial charge in [-0.05, 0) is 24.6 Å². The molecule has 0 saturated heterocycles. The summed E-state index contributed by atoms with van der Waals surface area (Å²) in [5.41, 5.74) is -0.220. The summed E-state index contributed by atoms with van der Waals surface area (Å²) < 4.78 is 5.01. The van der Waals surface area contributed by atoms with Gasteiger partial charge in [-0.1, -0.05) is 26.2 Å². The van der Waals surface area contributed by atoms with Crippen LogP contribution in [0.1, 0.15) is 49.4 Å². The molecule has 0 saturated carbocycles. The SMILES string of the molecule is CCCCCCC(=O)Oc1ccc(O)cc1C(=O)O. The fourth-order valence-corrected chi connectivity index (χ4v) is 1.64. The monoisotopic (exact) mass is 266 g/mol. The molecule has 1 aromatic rings. The summed E-state index contributed by atoms with van der Waals surface area (Å²) in [5.74, 6) is -1.92. The Kier molecular flexibility index (Phi) is 5.85. The van der Waals surface area contributed by atoms with Gasteiger partial charge in [-0.25, -0.2) is 4.79 Å². The molecule has 5 nitrogen and oxygen atoms in total. The fraction of sp³-hybridized carbons (Fsp3) is 0.429. The maximum absolute atomic E-state index is 11.6. The lowest BCUT2D eigenvalue weighted by Gasteiger charge is -2.07. The quantitative estimate of drug-likeness (QED) is 0.450. The van der Waals surface area contributed by atoms with Crippen LogP contribution in [0.15, 0.2) is 18.2 Å². The van der Waals surface area contributed by atoms with Crippen LogP contribution in [-0.4, -0.2) is 22.2 Å². The molecule has 0 aliphatic heterocycles. The van der Waals surface area contributed by atoms with Crippen molar-refractivity contribution in [2.24, 2.45) is 0 Å². The lowest BCUT2D eigenvalue weighted by atomic mass is 10.1. The topological polar surface area (TPSA) is 83.8 Å². The first-order chi connectivity index (χ1) is 9.04. The van der Waals surface area contributed by atoms with E-state index in [1.54, 1.807) is 0 Å². The number of carbonyl (C=O) groups excluding carboxylic acids is 1. The molecule has 5 heteroatoms. The summed E-state index contributed by atoms with van der Waals surface area (Å²) in [6.45, 7) is 2.08. The van der Waals surface area contributed by atoms with Crippen molar-refractivity contribution in [1.29, 1.82) is 0 Å². The second-order valence-electron chi connectivity index (χ2n) is 4.27. The molecule has 0 spiro atoms. The van der Waals surface area contributed by atoms with Crippen LogP contribution in [0.2, 0.25) is 0 Å². The lowest BCUT2D eigenvalue weighted by Crippen LogP contribution is -2.10. The average Bonchev–Trinajstić information content (AvgIpc) is 2.36. The Morgan fingerprint density at radius 2 is 1.95 bits per heavy atom. The number of ether oxygens (including phenoxy) is 1. The molecule has 0 bridgehead atoms. The number of aromatic carboxylic acids is 1. The zero-order valence-corrected chi connectivity index (χ0v) is 10.9. The van der Waals surface area contributed by atoms with Crippen molar-refractivity contribution < 1.29 is 24.5 Å². The minimum atomic E-state index is -1.25. The maximum Gasteiger partial charge on any atom is 0.339 e. The van der Waals surface area contributed by atoms with Crippen LogP contribution in [-0.2, 0) is 4.79 Å². The van der Waals surface area contributed by atoms with Gasteiger partial charge in [-0.2, -0.15) is 0 Å². The van der Waals surface area contributed by atoms with E-state index in [0.29, 0.717) is 0 Å². The van der Waals surface area contributed by atoms with Crippen LogP contribution in [0.4, 0.5) is 0 Å². The van der Waals surface area contributed by atoms with Crippen molar-refractivity contribution >= 4 is 11.9 Å². The van der Waals surface area contributed by atoms with E-state index in [0.717, 1.165) is 31.7 Å². The first-order valence-corrected chi connectivity index (χ1v) is 6.31. The van der Waals surface area contributed by atoms with Gasteiger partial charge in [-0.15, -0.1) is 0 Å². The van der Waals surface area contributed by atoms with Crippen molar-refractivity contribution in [1.82, 2.24) is 0 Å². The van der Waals surface area contributed by atoms with E-state index in [1.165, 1.54) is 12.1 Å². The second-order valence-corrected chi connectivity index (χ2v) is 4.27. The Bertz CT molecular complexity index is 453. The Hall–Kier alpha value is -2.04. The van der Waals surface area contributed by atoms with Crippen LogP contribution in [0.5, 0.6) is 11.5 Å². The molecule has 1 rings (SSSR count). The summed E-state index contributed by atoms with van der Waals surface area (Å²) >= 11 is 0. The smallest absolute Gasteiger partial charge is 0.339 e. The van der Waals surface area contributed by atoms with E-state index in [4.69, 9.17) is 9.84 Å². The molecule has 2 N–H and O–H groups in total. The number of hydrogen-bond donors (Lipinski definition) is 2. The molecular weight excluding hydrogens is 248 g/mol. The predicted octanol–water partition coefficient (Wildman–Crippen LogP) is 2.97. The van der Waals surface area contributed by atoms with Gasteiger partial charge in [0.25, 0.3) is 0 Å². The first kappa shape index (κ1) is 15.0. The van der Waals surface area contributed by atoms with E-state index < -0.39 is 11.9 Å². The van der Waals surface area contributed by atoms with Gasteiger partial charge < -0.3 is 14.9 Å². The molecular formula is C14H18O5. The highest BCUT2D eigenvalue weighted by molar-refractivity contribution is 5.92. The third-order valence-corrected chi connectivity index (χ3v) is 2.65. The van der Waals surface area contributed by atoms with Crippen LogP contribution >= 0.6 is 0 Å². The zero-order valence-electron chi connectivity index (χ0n) is 10.9. The minimum Gasteiger partial charge on any atom is -0.508 e. The Morgan fingerprint density at radius 3 is 2.58 bits per heavy atom. The Labute approximate surface area is 111 Å². The molecule has 0 amide bonds. The molecule has 0 radical (unpaired) electrons. The average molecular weight is 266 g/mol. The first-order valence-electron chi connectivity index (χ1n) is 6.31. The Morgan fingerprint density at radius 1 is 1.21 bits per heavy atom. The zero-order chi connectivity index (χ0) is 14.3. The normalized spacial score (nSPS) is 10.2. The van der Waals surface area contributed by atoms with Crippen LogP contribution in [0.3, 0.4) is 0 Å². The molecule has 0 aliphatic rings. The second kappa shape index (κ2) is 7.41. The van der Waals surface area contributed by atoms with Gasteiger partial charge >= 0.3 is 11.9 Å². The van der Waals surface area contributed by atoms with E-state index in [1.807, 2.05) is 0 Å². The van der Waals surface area contributed by atoms with E-state index in [-0.39, 0.29) is 23.5 Å². The highest BCUT2D eigenvalue weighted by atomic mass is 16.5. The van der Waals surface area contributed by atoms with Crippen molar-refractivity contribution in [3.8, 4) is 11.5 Å². The van der Waals surface area contributed by atoms with E-state index in [9.17, 15) is 14.7 Å². The molecule has 0 aromatic heterocycles. The summed E-state index contributed by atoms with van der Waals surface area (Å²) in [4.78, 5) is 22.5. The molecule has 0 unspecified atom stereocenters. The van der Waals surface area contributed by atoms with Gasteiger partial charge in [0.05, 0.1) is 0 Å². The number of phenolic OH excluding ortho intramolecular Hbond substituents is 1. The number of carboxylic acid groups (broad SMARTS) is 1. The highest BCUT2D eigenvalue weighted by Gasteiger charge is 2.15. The summed E-state index contributed by atoms with van der Waals surface area (Å²) in [7, 11) is 0. The number of aromatic hydroxyl groups is 1. The summed E-state index contributed by atoms with van der Waals surface area (Å²) in [5, 5.41) is 18.2. The van der Waals surface area contributed by atoms with Crippen LogP contribution in [0.25, 0.3) is 0 Å². The lowest BCUT2D eigenvalue weighted by molar-refractivity contribution is -0.134. The van der Waals surface area contributed by atoms with Gasteiger partial charge in [0.1, 0.15) is 17.1 Å². The summed E-state index contributed by atoms with van der Waals surface area (Å²) in [6, 6.07) is 3.62. The molecule has 19 heavy (non-hydrogen) atoms. The minimum absolute atomic E-state index is 0.0363. The standard InChI is InChI=1S/C14H18O5/c1-2-3-4-5-6-13(16)19-12-8-7-10(15)9-11(12)14(17)18/h7-9,15H,2-6H2,1H3,(H,17,18).